The van der Waals surface area contributed by atoms with Gasteiger partial charge in [-0.25, -0.2) is 4.79 Å². The first kappa shape index (κ1) is 14.9. The highest BCUT2D eigenvalue weighted by molar-refractivity contribution is 5.94. The van der Waals surface area contributed by atoms with Crippen molar-refractivity contribution in [2.75, 3.05) is 31.2 Å². The largest absolute Gasteiger partial charge is 0.486 e. The molecule has 1 N–H and O–H groups in total. The number of anilines is 1. The zero-order chi connectivity index (χ0) is 16.4. The van der Waals surface area contributed by atoms with Gasteiger partial charge in [0.05, 0.1) is 0 Å². The van der Waals surface area contributed by atoms with Gasteiger partial charge in [0.1, 0.15) is 13.2 Å². The number of urea groups is 1. The normalized spacial score (nSPS) is 15.1. The van der Waals surface area contributed by atoms with Crippen molar-refractivity contribution in [1.29, 1.82) is 0 Å². The molecule has 0 bridgehead atoms. The van der Waals surface area contributed by atoms with Crippen LogP contribution in [0, 0.1) is 0 Å². The summed E-state index contributed by atoms with van der Waals surface area (Å²) in [5.41, 5.74) is 3.38. The molecule has 0 saturated carbocycles. The van der Waals surface area contributed by atoms with E-state index in [2.05, 4.69) is 11.4 Å². The van der Waals surface area contributed by atoms with Crippen molar-refractivity contribution < 1.29 is 14.3 Å². The second-order valence-corrected chi connectivity index (χ2v) is 5.99. The molecule has 0 unspecified atom stereocenters. The first-order valence-electron chi connectivity index (χ1n) is 8.33. The molecule has 0 aromatic heterocycles. The topological polar surface area (TPSA) is 50.8 Å². The summed E-state index contributed by atoms with van der Waals surface area (Å²) in [4.78, 5) is 14.2. The number of nitrogens with zero attached hydrogens (tertiary/aromatic N) is 1. The molecule has 0 radical (unpaired) electrons. The quantitative estimate of drug-likeness (QED) is 0.944. The Balaban J connectivity index is 1.34. The third-order valence-corrected chi connectivity index (χ3v) is 4.43. The van der Waals surface area contributed by atoms with E-state index < -0.39 is 0 Å². The lowest BCUT2D eigenvalue weighted by atomic mass is 10.1. The molecule has 4 rings (SSSR count). The van der Waals surface area contributed by atoms with E-state index >= 15 is 0 Å². The van der Waals surface area contributed by atoms with Crippen molar-refractivity contribution in [3.05, 3.63) is 53.6 Å². The number of ether oxygens (including phenoxy) is 2. The molecule has 2 aromatic carbocycles. The molecular weight excluding hydrogens is 304 g/mol. The number of hydrogen-bond donors (Lipinski definition) is 1. The molecule has 0 spiro atoms. The maximum absolute atomic E-state index is 12.4. The van der Waals surface area contributed by atoms with Crippen molar-refractivity contribution in [1.82, 2.24) is 5.32 Å². The van der Waals surface area contributed by atoms with Gasteiger partial charge in [0.2, 0.25) is 0 Å². The van der Waals surface area contributed by atoms with Crippen LogP contribution in [0.5, 0.6) is 11.5 Å². The fourth-order valence-electron chi connectivity index (χ4n) is 3.20. The van der Waals surface area contributed by atoms with Gasteiger partial charge in [-0.1, -0.05) is 24.3 Å². The standard InChI is InChI=1S/C19H20N2O3/c22-19(21-10-8-15-3-1-2-4-16(15)21)20-9-7-14-5-6-17-18(13-14)24-12-11-23-17/h1-6,13H,7-12H2,(H,20,22). The number of para-hydroxylation sites is 1. The summed E-state index contributed by atoms with van der Waals surface area (Å²) in [5.74, 6) is 1.58. The predicted octanol–water partition coefficient (Wildman–Crippen LogP) is 2.77. The lowest BCUT2D eigenvalue weighted by Crippen LogP contribution is -2.39. The third kappa shape index (κ3) is 2.89. The maximum Gasteiger partial charge on any atom is 0.321 e. The van der Waals surface area contributed by atoms with Gasteiger partial charge < -0.3 is 14.8 Å². The number of rotatable bonds is 3. The van der Waals surface area contributed by atoms with Gasteiger partial charge in [0.15, 0.2) is 11.5 Å². The third-order valence-electron chi connectivity index (χ3n) is 4.43. The molecule has 0 atom stereocenters. The Morgan fingerprint density at radius 2 is 1.92 bits per heavy atom. The molecular formula is C19H20N2O3. The highest BCUT2D eigenvalue weighted by Gasteiger charge is 2.23. The Labute approximate surface area is 141 Å². The van der Waals surface area contributed by atoms with Gasteiger partial charge >= 0.3 is 6.03 Å². The van der Waals surface area contributed by atoms with Crippen molar-refractivity contribution in [3.8, 4) is 11.5 Å². The van der Waals surface area contributed by atoms with E-state index in [1.54, 1.807) is 0 Å². The minimum atomic E-state index is -0.0301. The molecule has 2 heterocycles. The minimum Gasteiger partial charge on any atom is -0.486 e. The number of carbonyl (C=O) groups excluding carboxylic acids is 1. The second kappa shape index (κ2) is 6.43. The zero-order valence-electron chi connectivity index (χ0n) is 13.5. The van der Waals surface area contributed by atoms with E-state index in [0.717, 1.165) is 42.1 Å². The molecule has 24 heavy (non-hydrogen) atoms. The number of benzene rings is 2. The highest BCUT2D eigenvalue weighted by atomic mass is 16.6. The van der Waals surface area contributed by atoms with Gasteiger partial charge in [0.25, 0.3) is 0 Å². The van der Waals surface area contributed by atoms with Crippen LogP contribution in [0.3, 0.4) is 0 Å². The van der Waals surface area contributed by atoms with Crippen LogP contribution in [0.2, 0.25) is 0 Å². The van der Waals surface area contributed by atoms with Gasteiger partial charge in [-0.3, -0.25) is 4.90 Å². The van der Waals surface area contributed by atoms with Crippen LogP contribution in [-0.4, -0.2) is 32.3 Å². The summed E-state index contributed by atoms with van der Waals surface area (Å²) in [6.45, 7) is 2.52. The van der Waals surface area contributed by atoms with E-state index in [1.807, 2.05) is 41.3 Å². The second-order valence-electron chi connectivity index (χ2n) is 5.99. The summed E-state index contributed by atoms with van der Waals surface area (Å²) >= 11 is 0. The van der Waals surface area contributed by atoms with Crippen LogP contribution < -0.4 is 19.7 Å². The first-order chi connectivity index (χ1) is 11.8. The van der Waals surface area contributed by atoms with Gasteiger partial charge in [-0.05, 0) is 42.2 Å². The minimum absolute atomic E-state index is 0.0301. The average molecular weight is 324 g/mol. The summed E-state index contributed by atoms with van der Waals surface area (Å²) in [6, 6.07) is 14.0. The predicted molar refractivity (Wildman–Crippen MR) is 92.0 cm³/mol. The summed E-state index contributed by atoms with van der Waals surface area (Å²) < 4.78 is 11.1. The molecule has 2 aromatic rings. The summed E-state index contributed by atoms with van der Waals surface area (Å²) in [5, 5.41) is 3.01. The number of carbonyl (C=O) groups is 1. The van der Waals surface area contributed by atoms with Crippen LogP contribution in [-0.2, 0) is 12.8 Å². The van der Waals surface area contributed by atoms with Gasteiger partial charge in [-0.15, -0.1) is 0 Å². The fourth-order valence-corrected chi connectivity index (χ4v) is 3.20. The smallest absolute Gasteiger partial charge is 0.321 e. The number of nitrogens with one attached hydrogen (secondary N) is 1. The lowest BCUT2D eigenvalue weighted by molar-refractivity contribution is 0.171. The van der Waals surface area contributed by atoms with Crippen molar-refractivity contribution >= 4 is 11.7 Å². The lowest BCUT2D eigenvalue weighted by Gasteiger charge is -2.19. The van der Waals surface area contributed by atoms with E-state index in [4.69, 9.17) is 9.47 Å². The maximum atomic E-state index is 12.4. The molecule has 0 fully saturated rings. The Morgan fingerprint density at radius 3 is 2.83 bits per heavy atom. The van der Waals surface area contributed by atoms with Gasteiger partial charge in [-0.2, -0.15) is 0 Å². The Morgan fingerprint density at radius 1 is 1.08 bits per heavy atom. The van der Waals surface area contributed by atoms with E-state index in [0.29, 0.717) is 19.8 Å². The molecule has 2 aliphatic rings. The highest BCUT2D eigenvalue weighted by Crippen LogP contribution is 2.31. The fraction of sp³-hybridized carbons (Fsp3) is 0.316. The molecule has 5 heteroatoms. The van der Waals surface area contributed by atoms with E-state index in [1.165, 1.54) is 5.56 Å². The zero-order valence-corrected chi connectivity index (χ0v) is 13.5. The SMILES string of the molecule is O=C(NCCc1ccc2c(c1)OCCO2)N1CCc2ccccc21. The van der Waals surface area contributed by atoms with E-state index in [-0.39, 0.29) is 6.03 Å². The molecule has 5 nitrogen and oxygen atoms in total. The first-order valence-corrected chi connectivity index (χ1v) is 8.33. The van der Waals surface area contributed by atoms with Crippen LogP contribution in [0.4, 0.5) is 10.5 Å². The number of hydrogen-bond acceptors (Lipinski definition) is 3. The molecule has 0 aliphatic carbocycles. The van der Waals surface area contributed by atoms with Crippen LogP contribution in [0.25, 0.3) is 0 Å². The van der Waals surface area contributed by atoms with Crippen molar-refractivity contribution in [3.63, 3.8) is 0 Å². The van der Waals surface area contributed by atoms with Gasteiger partial charge in [0, 0.05) is 18.8 Å². The Bertz CT molecular complexity index is 760. The average Bonchev–Trinajstić information content (AvgIpc) is 3.06. The molecule has 124 valence electrons. The monoisotopic (exact) mass is 324 g/mol. The summed E-state index contributed by atoms with van der Waals surface area (Å²) in [7, 11) is 0. The molecule has 2 aliphatic heterocycles. The van der Waals surface area contributed by atoms with Crippen LogP contribution in [0.1, 0.15) is 11.1 Å². The van der Waals surface area contributed by atoms with Crippen LogP contribution >= 0.6 is 0 Å². The molecule has 0 saturated heterocycles. The number of fused-ring (bicyclic) bond motifs is 2. The van der Waals surface area contributed by atoms with E-state index in [9.17, 15) is 4.79 Å². The van der Waals surface area contributed by atoms with Crippen LogP contribution in [0.15, 0.2) is 42.5 Å². The van der Waals surface area contributed by atoms with Crippen molar-refractivity contribution in [2.45, 2.75) is 12.8 Å². The van der Waals surface area contributed by atoms with Crippen molar-refractivity contribution in [2.24, 2.45) is 0 Å². The number of amides is 2. The molecule has 2 amide bonds. The Kier molecular flexibility index (Phi) is 3.99. The Hall–Kier alpha value is -2.69. The summed E-state index contributed by atoms with van der Waals surface area (Å²) in [6.07, 6.45) is 1.68.